The van der Waals surface area contributed by atoms with Gasteiger partial charge in [-0.25, -0.2) is 9.78 Å². The number of nitrogens with one attached hydrogen (secondary N) is 2. The standard InChI is InChI=1S/C24H29N5O3/c1-4-16(2)21(22(30)25-15-17-8-7-9-18(14-17)32-3)27-24(31)29-13-12-28-20-11-6-5-10-19(20)26-23(28)29/h5-11,14,16,21H,4,12-13,15H2,1-3H3,(H,25,30)(H,27,31)/t16-,21-/m0/s1. The summed E-state index contributed by atoms with van der Waals surface area (Å²) in [6.45, 7) is 5.54. The summed E-state index contributed by atoms with van der Waals surface area (Å²) in [6.07, 6.45) is 0.760. The Morgan fingerprint density at radius 3 is 2.75 bits per heavy atom. The van der Waals surface area contributed by atoms with E-state index < -0.39 is 6.04 Å². The topological polar surface area (TPSA) is 88.5 Å². The van der Waals surface area contributed by atoms with Crippen LogP contribution in [0.4, 0.5) is 10.7 Å². The number of benzene rings is 2. The number of urea groups is 1. The molecular weight excluding hydrogens is 406 g/mol. The number of para-hydroxylation sites is 2. The van der Waals surface area contributed by atoms with Gasteiger partial charge >= 0.3 is 6.03 Å². The summed E-state index contributed by atoms with van der Waals surface area (Å²) >= 11 is 0. The van der Waals surface area contributed by atoms with Gasteiger partial charge < -0.3 is 19.9 Å². The van der Waals surface area contributed by atoms with E-state index >= 15 is 0 Å². The molecule has 3 aromatic rings. The molecule has 1 aliphatic heterocycles. The molecule has 168 valence electrons. The molecule has 2 aromatic carbocycles. The molecule has 1 aliphatic rings. The number of ether oxygens (including phenoxy) is 1. The van der Waals surface area contributed by atoms with Gasteiger partial charge in [0.15, 0.2) is 0 Å². The minimum Gasteiger partial charge on any atom is -0.497 e. The highest BCUT2D eigenvalue weighted by Crippen LogP contribution is 2.27. The lowest BCUT2D eigenvalue weighted by Gasteiger charge is -2.26. The number of hydrogen-bond donors (Lipinski definition) is 2. The summed E-state index contributed by atoms with van der Waals surface area (Å²) in [7, 11) is 1.61. The van der Waals surface area contributed by atoms with Crippen LogP contribution >= 0.6 is 0 Å². The van der Waals surface area contributed by atoms with E-state index in [2.05, 4.69) is 15.6 Å². The van der Waals surface area contributed by atoms with Crippen molar-refractivity contribution in [1.29, 1.82) is 0 Å². The smallest absolute Gasteiger partial charge is 0.324 e. The van der Waals surface area contributed by atoms with Gasteiger partial charge in [0.1, 0.15) is 11.8 Å². The molecule has 2 atom stereocenters. The van der Waals surface area contributed by atoms with Crippen LogP contribution in [0.25, 0.3) is 11.0 Å². The first-order valence-corrected chi connectivity index (χ1v) is 11.0. The van der Waals surface area contributed by atoms with Crippen LogP contribution in [-0.2, 0) is 17.9 Å². The molecule has 0 bridgehead atoms. The highest BCUT2D eigenvalue weighted by molar-refractivity contribution is 5.96. The summed E-state index contributed by atoms with van der Waals surface area (Å²) in [5.41, 5.74) is 2.79. The van der Waals surface area contributed by atoms with E-state index in [1.807, 2.05) is 66.9 Å². The lowest BCUT2D eigenvalue weighted by Crippen LogP contribution is -2.53. The van der Waals surface area contributed by atoms with Crippen LogP contribution in [0, 0.1) is 5.92 Å². The van der Waals surface area contributed by atoms with Gasteiger partial charge in [-0.15, -0.1) is 0 Å². The van der Waals surface area contributed by atoms with Crippen molar-refractivity contribution in [3.63, 3.8) is 0 Å². The normalized spacial score (nSPS) is 14.7. The zero-order chi connectivity index (χ0) is 22.7. The lowest BCUT2D eigenvalue weighted by molar-refractivity contribution is -0.124. The van der Waals surface area contributed by atoms with Crippen molar-refractivity contribution in [3.8, 4) is 5.75 Å². The summed E-state index contributed by atoms with van der Waals surface area (Å²) in [5.74, 6) is 1.12. The number of carbonyl (C=O) groups excluding carboxylic acids is 2. The maximum absolute atomic E-state index is 13.1. The van der Waals surface area contributed by atoms with Crippen molar-refractivity contribution < 1.29 is 14.3 Å². The molecular formula is C24H29N5O3. The van der Waals surface area contributed by atoms with Crippen molar-refractivity contribution in [1.82, 2.24) is 20.2 Å². The molecule has 0 saturated carbocycles. The Morgan fingerprint density at radius 1 is 1.16 bits per heavy atom. The van der Waals surface area contributed by atoms with E-state index in [0.717, 1.165) is 28.8 Å². The molecule has 8 nitrogen and oxygen atoms in total. The minimum atomic E-state index is -0.642. The maximum atomic E-state index is 13.1. The summed E-state index contributed by atoms with van der Waals surface area (Å²) in [6, 6.07) is 14.4. The Balaban J connectivity index is 1.46. The molecule has 0 saturated heterocycles. The fourth-order valence-electron chi connectivity index (χ4n) is 3.98. The van der Waals surface area contributed by atoms with E-state index in [1.165, 1.54) is 0 Å². The largest absolute Gasteiger partial charge is 0.497 e. The third kappa shape index (κ3) is 4.26. The van der Waals surface area contributed by atoms with Crippen molar-refractivity contribution >= 4 is 28.9 Å². The molecule has 1 aromatic heterocycles. The van der Waals surface area contributed by atoms with Gasteiger partial charge in [-0.2, -0.15) is 0 Å². The van der Waals surface area contributed by atoms with Gasteiger partial charge in [-0.3, -0.25) is 9.69 Å². The van der Waals surface area contributed by atoms with Gasteiger partial charge in [-0.05, 0) is 35.7 Å². The average Bonchev–Trinajstić information content (AvgIpc) is 3.40. The van der Waals surface area contributed by atoms with E-state index in [0.29, 0.717) is 25.6 Å². The van der Waals surface area contributed by atoms with Crippen molar-refractivity contribution in [2.45, 2.75) is 39.4 Å². The summed E-state index contributed by atoms with van der Waals surface area (Å²) in [4.78, 5) is 32.4. The highest BCUT2D eigenvalue weighted by Gasteiger charge is 2.32. The third-order valence-corrected chi connectivity index (χ3v) is 6.04. The van der Waals surface area contributed by atoms with Crippen LogP contribution in [-0.4, -0.2) is 41.2 Å². The van der Waals surface area contributed by atoms with Gasteiger partial charge in [-0.1, -0.05) is 44.5 Å². The van der Waals surface area contributed by atoms with Gasteiger partial charge in [0.05, 0.1) is 18.1 Å². The van der Waals surface area contributed by atoms with Gasteiger partial charge in [0.2, 0.25) is 11.9 Å². The number of rotatable bonds is 7. The van der Waals surface area contributed by atoms with Crippen LogP contribution in [0.2, 0.25) is 0 Å². The van der Waals surface area contributed by atoms with Gasteiger partial charge in [0, 0.05) is 19.6 Å². The molecule has 32 heavy (non-hydrogen) atoms. The van der Waals surface area contributed by atoms with E-state index in [-0.39, 0.29) is 17.9 Å². The van der Waals surface area contributed by atoms with Crippen LogP contribution < -0.4 is 20.3 Å². The second kappa shape index (κ2) is 9.30. The molecule has 3 amide bonds. The Morgan fingerprint density at radius 2 is 1.97 bits per heavy atom. The quantitative estimate of drug-likeness (QED) is 0.596. The van der Waals surface area contributed by atoms with Crippen LogP contribution in [0.15, 0.2) is 48.5 Å². The number of anilines is 1. The number of carbonyl (C=O) groups is 2. The molecule has 2 N–H and O–H groups in total. The minimum absolute atomic E-state index is 0.0225. The molecule has 0 spiro atoms. The average molecular weight is 436 g/mol. The highest BCUT2D eigenvalue weighted by atomic mass is 16.5. The number of imidazole rings is 1. The second-order valence-corrected chi connectivity index (χ2v) is 8.09. The van der Waals surface area contributed by atoms with Crippen molar-refractivity contribution in [2.24, 2.45) is 5.92 Å². The van der Waals surface area contributed by atoms with Crippen LogP contribution in [0.5, 0.6) is 5.75 Å². The fourth-order valence-corrected chi connectivity index (χ4v) is 3.98. The van der Waals surface area contributed by atoms with Crippen molar-refractivity contribution in [3.05, 3.63) is 54.1 Å². The molecule has 0 radical (unpaired) electrons. The monoisotopic (exact) mass is 435 g/mol. The van der Waals surface area contributed by atoms with Crippen molar-refractivity contribution in [2.75, 3.05) is 18.6 Å². The summed E-state index contributed by atoms with van der Waals surface area (Å²) < 4.78 is 7.28. The molecule has 0 fully saturated rings. The first-order chi connectivity index (χ1) is 15.5. The lowest BCUT2D eigenvalue weighted by atomic mass is 9.98. The SMILES string of the molecule is CC[C@H](C)[C@H](NC(=O)N1CCn2c1nc1ccccc12)C(=O)NCc1cccc(OC)c1. The number of hydrogen-bond acceptors (Lipinski definition) is 4. The zero-order valence-electron chi connectivity index (χ0n) is 18.7. The van der Waals surface area contributed by atoms with Crippen LogP contribution in [0.1, 0.15) is 25.8 Å². The Kier molecular flexibility index (Phi) is 6.30. The maximum Gasteiger partial charge on any atom is 0.324 e. The molecule has 0 unspecified atom stereocenters. The number of aromatic nitrogens is 2. The molecule has 4 rings (SSSR count). The third-order valence-electron chi connectivity index (χ3n) is 6.04. The fraction of sp³-hybridized carbons (Fsp3) is 0.375. The Hall–Kier alpha value is -3.55. The predicted molar refractivity (Wildman–Crippen MR) is 124 cm³/mol. The van der Waals surface area contributed by atoms with E-state index in [9.17, 15) is 9.59 Å². The van der Waals surface area contributed by atoms with Gasteiger partial charge in [0.25, 0.3) is 0 Å². The number of amides is 3. The summed E-state index contributed by atoms with van der Waals surface area (Å²) in [5, 5.41) is 5.90. The first kappa shape index (κ1) is 21.7. The Labute approximate surface area is 187 Å². The first-order valence-electron chi connectivity index (χ1n) is 11.0. The van der Waals surface area contributed by atoms with E-state index in [1.54, 1.807) is 12.0 Å². The zero-order valence-corrected chi connectivity index (χ0v) is 18.7. The molecule has 2 heterocycles. The number of nitrogens with zero attached hydrogens (tertiary/aromatic N) is 3. The molecule has 8 heteroatoms. The molecule has 0 aliphatic carbocycles. The van der Waals surface area contributed by atoms with Crippen LogP contribution in [0.3, 0.4) is 0 Å². The van der Waals surface area contributed by atoms with E-state index in [4.69, 9.17) is 4.74 Å². The number of fused-ring (bicyclic) bond motifs is 3. The number of methoxy groups -OCH3 is 1. The second-order valence-electron chi connectivity index (χ2n) is 8.09. The Bertz CT molecular complexity index is 1130. The predicted octanol–water partition coefficient (Wildman–Crippen LogP) is 3.31.